The summed E-state index contributed by atoms with van der Waals surface area (Å²) in [5, 5.41) is 0.977. The SMILES string of the molecule is COC(=O)c1ccc(NSc2cnc(-c3ccc(C4=CCC(c5ccccc5)CC4)cc3)s2)c(OC)c1. The van der Waals surface area contributed by atoms with E-state index < -0.39 is 5.97 Å². The first-order valence-electron chi connectivity index (χ1n) is 12.1. The quantitative estimate of drug-likeness (QED) is 0.184. The van der Waals surface area contributed by atoms with Gasteiger partial charge in [-0.3, -0.25) is 0 Å². The van der Waals surface area contributed by atoms with Crippen molar-refractivity contribution in [1.29, 1.82) is 0 Å². The molecule has 37 heavy (non-hydrogen) atoms. The number of aromatic nitrogens is 1. The molecule has 0 saturated heterocycles. The van der Waals surface area contributed by atoms with Crippen LogP contribution >= 0.6 is 23.3 Å². The zero-order valence-electron chi connectivity index (χ0n) is 20.8. The van der Waals surface area contributed by atoms with Crippen LogP contribution in [0, 0.1) is 0 Å². The summed E-state index contributed by atoms with van der Waals surface area (Å²) in [7, 11) is 2.94. The van der Waals surface area contributed by atoms with Crippen LogP contribution in [0.25, 0.3) is 16.1 Å². The van der Waals surface area contributed by atoms with E-state index in [0.29, 0.717) is 17.2 Å². The fourth-order valence-corrected chi connectivity index (χ4v) is 6.19. The Labute approximate surface area is 225 Å². The molecule has 1 atom stereocenters. The van der Waals surface area contributed by atoms with Crippen molar-refractivity contribution in [2.45, 2.75) is 29.4 Å². The van der Waals surface area contributed by atoms with Crippen LogP contribution in [0.4, 0.5) is 5.69 Å². The molecule has 5 rings (SSSR count). The number of hydrogen-bond acceptors (Lipinski definition) is 7. The number of benzene rings is 3. The van der Waals surface area contributed by atoms with E-state index in [0.717, 1.165) is 33.3 Å². The molecular formula is C30H28N2O3S2. The van der Waals surface area contributed by atoms with Gasteiger partial charge in [-0.15, -0.1) is 11.3 Å². The van der Waals surface area contributed by atoms with Crippen LogP contribution in [0.15, 0.2) is 89.3 Å². The lowest BCUT2D eigenvalue weighted by atomic mass is 9.82. The highest BCUT2D eigenvalue weighted by atomic mass is 32.2. The molecule has 1 aliphatic carbocycles. The maximum atomic E-state index is 11.8. The first-order chi connectivity index (χ1) is 18.1. The molecule has 0 aliphatic heterocycles. The monoisotopic (exact) mass is 528 g/mol. The van der Waals surface area contributed by atoms with Crippen LogP contribution in [-0.4, -0.2) is 25.2 Å². The second-order valence-electron chi connectivity index (χ2n) is 8.78. The van der Waals surface area contributed by atoms with Gasteiger partial charge in [-0.2, -0.15) is 0 Å². The average molecular weight is 529 g/mol. The largest absolute Gasteiger partial charge is 0.495 e. The van der Waals surface area contributed by atoms with Gasteiger partial charge in [0.15, 0.2) is 0 Å². The number of nitrogens with zero attached hydrogens (tertiary/aromatic N) is 1. The van der Waals surface area contributed by atoms with Crippen LogP contribution in [0.3, 0.4) is 0 Å². The normalized spacial score (nSPS) is 15.1. The number of methoxy groups -OCH3 is 2. The first kappa shape index (κ1) is 25.1. The van der Waals surface area contributed by atoms with E-state index in [1.807, 2.05) is 6.20 Å². The fraction of sp³-hybridized carbons (Fsp3) is 0.200. The summed E-state index contributed by atoms with van der Waals surface area (Å²) in [6.45, 7) is 0. The van der Waals surface area contributed by atoms with Gasteiger partial charge in [0.1, 0.15) is 15.0 Å². The van der Waals surface area contributed by atoms with Gasteiger partial charge in [0.2, 0.25) is 0 Å². The first-order valence-corrected chi connectivity index (χ1v) is 13.8. The number of carbonyl (C=O) groups excluding carboxylic acids is 1. The number of nitrogens with one attached hydrogen (secondary N) is 1. The molecule has 0 saturated carbocycles. The Hall–Kier alpha value is -3.55. The minimum atomic E-state index is -0.397. The Morgan fingerprint density at radius 2 is 1.81 bits per heavy atom. The fourth-order valence-electron chi connectivity index (χ4n) is 4.52. The minimum Gasteiger partial charge on any atom is -0.495 e. The van der Waals surface area contributed by atoms with Gasteiger partial charge in [-0.05, 0) is 72.0 Å². The zero-order valence-corrected chi connectivity index (χ0v) is 22.4. The Morgan fingerprint density at radius 1 is 1.03 bits per heavy atom. The van der Waals surface area contributed by atoms with Crippen LogP contribution < -0.4 is 9.46 Å². The highest BCUT2D eigenvalue weighted by Gasteiger charge is 2.17. The van der Waals surface area contributed by atoms with E-state index in [9.17, 15) is 4.79 Å². The van der Waals surface area contributed by atoms with Crippen molar-refractivity contribution in [3.05, 3.63) is 102 Å². The zero-order chi connectivity index (χ0) is 25.6. The van der Waals surface area contributed by atoms with Crippen LogP contribution in [0.5, 0.6) is 5.75 Å². The number of allylic oxidation sites excluding steroid dienone is 2. The van der Waals surface area contributed by atoms with Gasteiger partial charge in [0.25, 0.3) is 0 Å². The lowest BCUT2D eigenvalue weighted by Crippen LogP contribution is -2.03. The van der Waals surface area contributed by atoms with Crippen LogP contribution in [-0.2, 0) is 4.74 Å². The topological polar surface area (TPSA) is 60.5 Å². The van der Waals surface area contributed by atoms with Crippen molar-refractivity contribution in [3.8, 4) is 16.3 Å². The summed E-state index contributed by atoms with van der Waals surface area (Å²) >= 11 is 3.09. The molecule has 1 N–H and O–H groups in total. The number of carbonyl (C=O) groups is 1. The van der Waals surface area contributed by atoms with Gasteiger partial charge in [0.05, 0.1) is 31.7 Å². The van der Waals surface area contributed by atoms with E-state index in [4.69, 9.17) is 9.47 Å². The molecule has 1 heterocycles. The molecule has 3 aromatic carbocycles. The maximum absolute atomic E-state index is 11.8. The highest BCUT2D eigenvalue weighted by Crippen LogP contribution is 2.38. The Bertz CT molecular complexity index is 1400. The lowest BCUT2D eigenvalue weighted by molar-refractivity contribution is 0.0600. The van der Waals surface area contributed by atoms with Gasteiger partial charge < -0.3 is 14.2 Å². The standard InChI is InChI=1S/C30H28N2O3S2/c1-34-27-18-25(30(33)35-2)16-17-26(27)32-37-28-19-31-29(36-28)24-14-12-23(13-15-24)22-10-8-21(9-11-22)20-6-4-3-5-7-20/h3-7,10,12-19,21,32H,8-9,11H2,1-2H3. The van der Waals surface area contributed by atoms with Gasteiger partial charge in [-0.1, -0.05) is 60.7 Å². The van der Waals surface area contributed by atoms with Crippen molar-refractivity contribution in [2.75, 3.05) is 18.9 Å². The Kier molecular flexibility index (Phi) is 7.92. The molecule has 5 nitrogen and oxygen atoms in total. The summed E-state index contributed by atoms with van der Waals surface area (Å²) in [5.74, 6) is 0.796. The number of anilines is 1. The van der Waals surface area contributed by atoms with E-state index >= 15 is 0 Å². The van der Waals surface area contributed by atoms with Crippen LogP contribution in [0.1, 0.15) is 46.7 Å². The summed E-state index contributed by atoms with van der Waals surface area (Å²) in [4.78, 5) is 16.4. The molecule has 4 aromatic rings. The number of rotatable bonds is 8. The summed E-state index contributed by atoms with van der Waals surface area (Å²) < 4.78 is 14.5. The summed E-state index contributed by atoms with van der Waals surface area (Å²) in [6.07, 6.45) is 7.66. The third-order valence-electron chi connectivity index (χ3n) is 6.55. The molecule has 1 unspecified atom stereocenters. The van der Waals surface area contributed by atoms with Gasteiger partial charge in [0, 0.05) is 5.56 Å². The van der Waals surface area contributed by atoms with Crippen molar-refractivity contribution in [1.82, 2.24) is 4.98 Å². The molecule has 0 spiro atoms. The molecule has 7 heteroatoms. The van der Waals surface area contributed by atoms with Crippen molar-refractivity contribution in [2.24, 2.45) is 0 Å². The number of thiazole rings is 1. The third-order valence-corrected chi connectivity index (χ3v) is 8.52. The van der Waals surface area contributed by atoms with Gasteiger partial charge in [-0.25, -0.2) is 9.78 Å². The van der Waals surface area contributed by atoms with Crippen molar-refractivity contribution in [3.63, 3.8) is 0 Å². The van der Waals surface area contributed by atoms with Crippen LogP contribution in [0.2, 0.25) is 0 Å². The average Bonchev–Trinajstić information content (AvgIpc) is 3.45. The molecule has 0 fully saturated rings. The lowest BCUT2D eigenvalue weighted by Gasteiger charge is -2.22. The minimum absolute atomic E-state index is 0.397. The number of esters is 1. The van der Waals surface area contributed by atoms with Crippen molar-refractivity contribution < 1.29 is 14.3 Å². The molecule has 0 radical (unpaired) electrons. The molecule has 188 valence electrons. The van der Waals surface area contributed by atoms with E-state index in [1.54, 1.807) is 36.6 Å². The Balaban J connectivity index is 1.21. The summed E-state index contributed by atoms with van der Waals surface area (Å²) in [6, 6.07) is 24.8. The molecule has 1 aromatic heterocycles. The van der Waals surface area contributed by atoms with Gasteiger partial charge >= 0.3 is 5.97 Å². The maximum Gasteiger partial charge on any atom is 0.337 e. The third kappa shape index (κ3) is 5.89. The molecular weight excluding hydrogens is 500 g/mol. The smallest absolute Gasteiger partial charge is 0.337 e. The second kappa shape index (κ2) is 11.7. The van der Waals surface area contributed by atoms with E-state index in [2.05, 4.69) is 70.4 Å². The highest BCUT2D eigenvalue weighted by molar-refractivity contribution is 8.02. The predicted octanol–water partition coefficient (Wildman–Crippen LogP) is 8.08. The Morgan fingerprint density at radius 3 is 2.51 bits per heavy atom. The molecule has 1 aliphatic rings. The molecule has 0 bridgehead atoms. The van der Waals surface area contributed by atoms with E-state index in [1.165, 1.54) is 42.2 Å². The summed E-state index contributed by atoms with van der Waals surface area (Å²) in [5.41, 5.74) is 6.50. The van der Waals surface area contributed by atoms with E-state index in [-0.39, 0.29) is 0 Å². The number of hydrogen-bond donors (Lipinski definition) is 1. The second-order valence-corrected chi connectivity index (χ2v) is 10.9. The number of ether oxygens (including phenoxy) is 2. The predicted molar refractivity (Wildman–Crippen MR) is 152 cm³/mol. The molecule has 0 amide bonds. The van der Waals surface area contributed by atoms with Crippen molar-refractivity contribution >= 4 is 40.5 Å².